The van der Waals surface area contributed by atoms with E-state index in [4.69, 9.17) is 16.7 Å². The molecule has 6 heteroatoms. The second-order valence-corrected chi connectivity index (χ2v) is 3.71. The number of rotatable bonds is 4. The van der Waals surface area contributed by atoms with Gasteiger partial charge in [-0.2, -0.15) is 0 Å². The summed E-state index contributed by atoms with van der Waals surface area (Å²) in [5, 5.41) is 12.0. The van der Waals surface area contributed by atoms with E-state index < -0.39 is 11.5 Å². The van der Waals surface area contributed by atoms with Gasteiger partial charge in [0, 0.05) is 6.20 Å². The van der Waals surface area contributed by atoms with Gasteiger partial charge in [0.2, 0.25) is 5.95 Å². The number of nitrogens with one attached hydrogen (secondary N) is 1. The highest BCUT2D eigenvalue weighted by Gasteiger charge is 2.31. The fourth-order valence-electron chi connectivity index (χ4n) is 0.937. The molecular formula is C9H12ClN3O2. The maximum Gasteiger partial charge on any atom is 0.329 e. The quantitative estimate of drug-likeness (QED) is 0.770. The molecule has 1 heterocycles. The van der Waals surface area contributed by atoms with E-state index in [1.54, 1.807) is 13.8 Å². The summed E-state index contributed by atoms with van der Waals surface area (Å²) in [6.45, 7) is 3.34. The first kappa shape index (κ1) is 11.7. The Bertz CT molecular complexity index is 372. The summed E-state index contributed by atoms with van der Waals surface area (Å²) in [5.41, 5.74) is -1.08. The van der Waals surface area contributed by atoms with Crippen LogP contribution in [-0.2, 0) is 4.79 Å². The van der Waals surface area contributed by atoms with Crippen molar-refractivity contribution in [3.8, 4) is 0 Å². The zero-order valence-electron chi connectivity index (χ0n) is 8.49. The van der Waals surface area contributed by atoms with Crippen molar-refractivity contribution >= 4 is 23.5 Å². The van der Waals surface area contributed by atoms with E-state index in [-0.39, 0.29) is 11.1 Å². The Labute approximate surface area is 92.5 Å². The number of hydrogen-bond acceptors (Lipinski definition) is 4. The standard InChI is InChI=1S/C9H12ClN3O2/c1-3-9(2,7(14)15)13-8-11-5-4-6(10)12-8/h4-5H,3H2,1-2H3,(H,14,15)(H,11,12,13). The van der Waals surface area contributed by atoms with E-state index in [2.05, 4.69) is 15.3 Å². The minimum atomic E-state index is -1.08. The number of halogens is 1. The lowest BCUT2D eigenvalue weighted by atomic mass is 10.00. The van der Waals surface area contributed by atoms with Crippen molar-refractivity contribution in [1.29, 1.82) is 0 Å². The first-order valence-electron chi connectivity index (χ1n) is 4.48. The lowest BCUT2D eigenvalue weighted by Gasteiger charge is -2.24. The third-order valence-electron chi connectivity index (χ3n) is 2.19. The number of anilines is 1. The van der Waals surface area contributed by atoms with Crippen molar-refractivity contribution in [2.24, 2.45) is 0 Å². The lowest BCUT2D eigenvalue weighted by Crippen LogP contribution is -2.43. The lowest BCUT2D eigenvalue weighted by molar-refractivity contribution is -0.141. The van der Waals surface area contributed by atoms with Crippen LogP contribution in [0.15, 0.2) is 12.3 Å². The number of carboxylic acid groups (broad SMARTS) is 1. The van der Waals surface area contributed by atoms with E-state index in [0.717, 1.165) is 0 Å². The fourth-order valence-corrected chi connectivity index (χ4v) is 1.07. The zero-order chi connectivity index (χ0) is 11.5. The summed E-state index contributed by atoms with van der Waals surface area (Å²) in [6, 6.07) is 1.52. The van der Waals surface area contributed by atoms with Crippen molar-refractivity contribution in [1.82, 2.24) is 9.97 Å². The Morgan fingerprint density at radius 1 is 1.73 bits per heavy atom. The monoisotopic (exact) mass is 229 g/mol. The maximum absolute atomic E-state index is 11.0. The van der Waals surface area contributed by atoms with Crippen LogP contribution >= 0.6 is 11.6 Å². The predicted molar refractivity (Wildman–Crippen MR) is 57.0 cm³/mol. The average Bonchev–Trinajstić information content (AvgIpc) is 2.17. The molecule has 0 fully saturated rings. The largest absolute Gasteiger partial charge is 0.480 e. The summed E-state index contributed by atoms with van der Waals surface area (Å²) in [4.78, 5) is 18.7. The van der Waals surface area contributed by atoms with Gasteiger partial charge in [-0.15, -0.1) is 0 Å². The number of aromatic nitrogens is 2. The van der Waals surface area contributed by atoms with Gasteiger partial charge in [-0.3, -0.25) is 0 Å². The van der Waals surface area contributed by atoms with Gasteiger partial charge >= 0.3 is 5.97 Å². The number of aliphatic carboxylic acids is 1. The SMILES string of the molecule is CCC(C)(Nc1nccc(Cl)n1)C(=O)O. The molecule has 2 N–H and O–H groups in total. The Morgan fingerprint density at radius 2 is 2.40 bits per heavy atom. The third-order valence-corrected chi connectivity index (χ3v) is 2.40. The fraction of sp³-hybridized carbons (Fsp3) is 0.444. The van der Waals surface area contributed by atoms with E-state index in [1.807, 2.05) is 0 Å². The summed E-state index contributed by atoms with van der Waals surface area (Å²) >= 11 is 5.66. The van der Waals surface area contributed by atoms with Crippen molar-refractivity contribution in [2.75, 3.05) is 5.32 Å². The van der Waals surface area contributed by atoms with Gasteiger partial charge in [-0.25, -0.2) is 14.8 Å². The van der Waals surface area contributed by atoms with Crippen LogP contribution in [0, 0.1) is 0 Å². The molecule has 1 aromatic rings. The molecular weight excluding hydrogens is 218 g/mol. The van der Waals surface area contributed by atoms with Crippen molar-refractivity contribution in [3.05, 3.63) is 17.4 Å². The van der Waals surface area contributed by atoms with E-state index >= 15 is 0 Å². The van der Waals surface area contributed by atoms with Crippen LogP contribution in [0.5, 0.6) is 0 Å². The van der Waals surface area contributed by atoms with Gasteiger partial charge in [-0.05, 0) is 19.4 Å². The van der Waals surface area contributed by atoms with Gasteiger partial charge in [0.25, 0.3) is 0 Å². The number of hydrogen-bond donors (Lipinski definition) is 2. The molecule has 0 saturated heterocycles. The van der Waals surface area contributed by atoms with Gasteiger partial charge in [0.1, 0.15) is 10.7 Å². The van der Waals surface area contributed by atoms with E-state index in [1.165, 1.54) is 12.3 Å². The third kappa shape index (κ3) is 2.79. The molecule has 0 aliphatic rings. The topological polar surface area (TPSA) is 75.1 Å². The minimum Gasteiger partial charge on any atom is -0.480 e. The number of carboxylic acids is 1. The summed E-state index contributed by atoms with van der Waals surface area (Å²) in [5.74, 6) is -0.733. The molecule has 0 aromatic carbocycles. The van der Waals surface area contributed by atoms with E-state index in [0.29, 0.717) is 6.42 Å². The highest BCUT2D eigenvalue weighted by Crippen LogP contribution is 2.16. The molecule has 5 nitrogen and oxygen atoms in total. The van der Waals surface area contributed by atoms with Crippen LogP contribution in [-0.4, -0.2) is 26.6 Å². The average molecular weight is 230 g/mol. The molecule has 1 rings (SSSR count). The van der Waals surface area contributed by atoms with Gasteiger partial charge in [-0.1, -0.05) is 18.5 Å². The molecule has 1 atom stereocenters. The first-order chi connectivity index (χ1) is 6.98. The van der Waals surface area contributed by atoms with Crippen molar-refractivity contribution < 1.29 is 9.90 Å². The first-order valence-corrected chi connectivity index (χ1v) is 4.86. The molecule has 0 aliphatic heterocycles. The van der Waals surface area contributed by atoms with Crippen molar-refractivity contribution in [3.63, 3.8) is 0 Å². The normalized spacial score (nSPS) is 14.3. The Hall–Kier alpha value is -1.36. The molecule has 82 valence electrons. The van der Waals surface area contributed by atoms with Gasteiger partial charge in [0.15, 0.2) is 0 Å². The van der Waals surface area contributed by atoms with Crippen LogP contribution < -0.4 is 5.32 Å². The summed E-state index contributed by atoms with van der Waals surface area (Å²) < 4.78 is 0. The maximum atomic E-state index is 11.0. The zero-order valence-corrected chi connectivity index (χ0v) is 9.25. The van der Waals surface area contributed by atoms with Crippen molar-refractivity contribution in [2.45, 2.75) is 25.8 Å². The van der Waals surface area contributed by atoms with Crippen LogP contribution in [0.3, 0.4) is 0 Å². The second kappa shape index (κ2) is 4.44. The molecule has 0 saturated carbocycles. The minimum absolute atomic E-state index is 0.217. The smallest absolute Gasteiger partial charge is 0.329 e. The highest BCUT2D eigenvalue weighted by molar-refractivity contribution is 6.29. The Kier molecular flexibility index (Phi) is 3.47. The van der Waals surface area contributed by atoms with Crippen LogP contribution in [0.25, 0.3) is 0 Å². The molecule has 1 unspecified atom stereocenters. The Morgan fingerprint density at radius 3 is 2.87 bits per heavy atom. The molecule has 0 amide bonds. The predicted octanol–water partition coefficient (Wildman–Crippen LogP) is 1.80. The van der Waals surface area contributed by atoms with E-state index in [9.17, 15) is 4.79 Å². The Balaban J connectivity index is 2.89. The number of carbonyl (C=O) groups is 1. The molecule has 0 radical (unpaired) electrons. The van der Waals surface area contributed by atoms with Gasteiger partial charge < -0.3 is 10.4 Å². The molecule has 1 aromatic heterocycles. The molecule has 0 bridgehead atoms. The highest BCUT2D eigenvalue weighted by atomic mass is 35.5. The summed E-state index contributed by atoms with van der Waals surface area (Å²) in [6.07, 6.45) is 1.88. The molecule has 15 heavy (non-hydrogen) atoms. The van der Waals surface area contributed by atoms with Gasteiger partial charge in [0.05, 0.1) is 0 Å². The van der Waals surface area contributed by atoms with Crippen LogP contribution in [0.4, 0.5) is 5.95 Å². The second-order valence-electron chi connectivity index (χ2n) is 3.32. The molecule has 0 spiro atoms. The number of nitrogens with zero attached hydrogens (tertiary/aromatic N) is 2. The van der Waals surface area contributed by atoms with Crippen LogP contribution in [0.2, 0.25) is 5.15 Å². The molecule has 0 aliphatic carbocycles. The summed E-state index contributed by atoms with van der Waals surface area (Å²) in [7, 11) is 0. The van der Waals surface area contributed by atoms with Crippen LogP contribution in [0.1, 0.15) is 20.3 Å².